The van der Waals surface area contributed by atoms with Crippen LogP contribution in [0, 0.1) is 0 Å². The Balaban J connectivity index is 2.09. The van der Waals surface area contributed by atoms with E-state index in [1.807, 2.05) is 0 Å². The van der Waals surface area contributed by atoms with E-state index in [1.54, 1.807) is 7.11 Å². The molecular weight excluding hydrogens is 142 g/mol. The van der Waals surface area contributed by atoms with Gasteiger partial charge in [-0.15, -0.1) is 0 Å². The molecule has 0 amide bonds. The van der Waals surface area contributed by atoms with Crippen LogP contribution in [0.5, 0.6) is 0 Å². The van der Waals surface area contributed by atoms with Gasteiger partial charge in [-0.25, -0.2) is 0 Å². The van der Waals surface area contributed by atoms with Crippen molar-refractivity contribution in [3.05, 3.63) is 0 Å². The number of aliphatic hydroxyl groups is 1. The first-order valence-corrected chi connectivity index (χ1v) is 4.23. The van der Waals surface area contributed by atoms with Gasteiger partial charge >= 0.3 is 0 Å². The number of hydrogen-bond donors (Lipinski definition) is 1. The summed E-state index contributed by atoms with van der Waals surface area (Å²) in [6, 6.07) is 0. The lowest BCUT2D eigenvalue weighted by Gasteiger charge is -2.13. The molecule has 66 valence electrons. The second kappa shape index (κ2) is 4.70. The third kappa shape index (κ3) is 2.77. The van der Waals surface area contributed by atoms with E-state index in [2.05, 4.69) is 4.90 Å². The first kappa shape index (κ1) is 8.97. The van der Waals surface area contributed by atoms with E-state index < -0.39 is 0 Å². The Bertz CT molecular complexity index is 108. The van der Waals surface area contributed by atoms with Crippen molar-refractivity contribution < 1.29 is 9.84 Å². The van der Waals surface area contributed by atoms with Gasteiger partial charge in [0.15, 0.2) is 0 Å². The van der Waals surface area contributed by atoms with E-state index in [9.17, 15) is 0 Å². The fourth-order valence-corrected chi connectivity index (χ4v) is 1.49. The van der Waals surface area contributed by atoms with E-state index in [1.165, 1.54) is 0 Å². The van der Waals surface area contributed by atoms with Crippen LogP contribution in [-0.2, 0) is 4.74 Å². The van der Waals surface area contributed by atoms with E-state index in [0.29, 0.717) is 12.7 Å². The molecule has 1 saturated heterocycles. The Kier molecular flexibility index (Phi) is 3.83. The lowest BCUT2D eigenvalue weighted by Crippen LogP contribution is -2.24. The van der Waals surface area contributed by atoms with Crippen molar-refractivity contribution in [2.45, 2.75) is 18.9 Å². The van der Waals surface area contributed by atoms with Crippen LogP contribution < -0.4 is 0 Å². The molecule has 3 nitrogen and oxygen atoms in total. The summed E-state index contributed by atoms with van der Waals surface area (Å²) in [6.07, 6.45) is 2.45. The quantitative estimate of drug-likeness (QED) is 0.631. The van der Waals surface area contributed by atoms with Crippen molar-refractivity contribution in [3.63, 3.8) is 0 Å². The Hall–Kier alpha value is -0.120. The van der Waals surface area contributed by atoms with Crippen molar-refractivity contribution in [1.29, 1.82) is 0 Å². The van der Waals surface area contributed by atoms with Gasteiger partial charge in [0.25, 0.3) is 0 Å². The van der Waals surface area contributed by atoms with Crippen molar-refractivity contribution in [3.8, 4) is 0 Å². The predicted molar refractivity (Wildman–Crippen MR) is 43.6 cm³/mol. The Morgan fingerprint density at radius 2 is 2.45 bits per heavy atom. The second-order valence-electron chi connectivity index (χ2n) is 3.02. The van der Waals surface area contributed by atoms with Gasteiger partial charge in [-0.1, -0.05) is 0 Å². The highest BCUT2D eigenvalue weighted by molar-refractivity contribution is 4.75. The Labute approximate surface area is 68.0 Å². The Morgan fingerprint density at radius 1 is 1.64 bits per heavy atom. The van der Waals surface area contributed by atoms with Crippen molar-refractivity contribution in [1.82, 2.24) is 4.90 Å². The molecule has 11 heavy (non-hydrogen) atoms. The third-order valence-electron chi connectivity index (χ3n) is 2.19. The molecule has 3 heteroatoms. The highest BCUT2D eigenvalue weighted by atomic mass is 16.5. The molecule has 1 aliphatic rings. The molecule has 0 aromatic rings. The summed E-state index contributed by atoms with van der Waals surface area (Å²) in [6.45, 7) is 3.47. The number of hydrogen-bond acceptors (Lipinski definition) is 3. The summed E-state index contributed by atoms with van der Waals surface area (Å²) in [4.78, 5) is 2.34. The summed E-state index contributed by atoms with van der Waals surface area (Å²) in [7, 11) is 1.76. The van der Waals surface area contributed by atoms with E-state index >= 15 is 0 Å². The number of nitrogens with zero attached hydrogens (tertiary/aromatic N) is 1. The van der Waals surface area contributed by atoms with Gasteiger partial charge in [0.1, 0.15) is 0 Å². The predicted octanol–water partition coefficient (Wildman–Crippen LogP) is 0.0895. The van der Waals surface area contributed by atoms with Gasteiger partial charge < -0.3 is 14.7 Å². The average molecular weight is 159 g/mol. The standard InChI is InChI=1S/C8H17NO2/c1-11-8-3-5-9(7-8)4-2-6-10/h8,10H,2-7H2,1H3/t8-/m0/s1. The summed E-state index contributed by atoms with van der Waals surface area (Å²) < 4.78 is 5.22. The normalized spacial score (nSPS) is 26.2. The SMILES string of the molecule is CO[C@H]1CCN(CCCO)C1. The number of rotatable bonds is 4. The van der Waals surface area contributed by atoms with E-state index in [0.717, 1.165) is 32.5 Å². The molecule has 0 bridgehead atoms. The van der Waals surface area contributed by atoms with Crippen molar-refractivity contribution in [2.75, 3.05) is 33.4 Å². The Morgan fingerprint density at radius 3 is 3.00 bits per heavy atom. The largest absolute Gasteiger partial charge is 0.396 e. The smallest absolute Gasteiger partial charge is 0.0710 e. The second-order valence-corrected chi connectivity index (χ2v) is 3.02. The lowest BCUT2D eigenvalue weighted by molar-refractivity contribution is 0.107. The van der Waals surface area contributed by atoms with Crippen LogP contribution >= 0.6 is 0 Å². The van der Waals surface area contributed by atoms with Crippen LogP contribution in [0.25, 0.3) is 0 Å². The van der Waals surface area contributed by atoms with Crippen LogP contribution in [-0.4, -0.2) is 49.5 Å². The molecular formula is C8H17NO2. The highest BCUT2D eigenvalue weighted by Gasteiger charge is 2.20. The first-order chi connectivity index (χ1) is 5.36. The van der Waals surface area contributed by atoms with Gasteiger partial charge in [-0.3, -0.25) is 0 Å². The summed E-state index contributed by atoms with van der Waals surface area (Å²) >= 11 is 0. The van der Waals surface area contributed by atoms with Gasteiger partial charge in [-0.2, -0.15) is 0 Å². The zero-order chi connectivity index (χ0) is 8.10. The fraction of sp³-hybridized carbons (Fsp3) is 1.00. The minimum atomic E-state index is 0.300. The van der Waals surface area contributed by atoms with Crippen LogP contribution in [0.1, 0.15) is 12.8 Å². The zero-order valence-corrected chi connectivity index (χ0v) is 7.12. The van der Waals surface area contributed by atoms with Gasteiger partial charge in [0.2, 0.25) is 0 Å². The minimum Gasteiger partial charge on any atom is -0.396 e. The molecule has 1 heterocycles. The monoisotopic (exact) mass is 159 g/mol. The third-order valence-corrected chi connectivity index (χ3v) is 2.19. The zero-order valence-electron chi connectivity index (χ0n) is 7.12. The summed E-state index contributed by atoms with van der Waals surface area (Å²) in [5.74, 6) is 0. The number of ether oxygens (including phenoxy) is 1. The first-order valence-electron chi connectivity index (χ1n) is 4.23. The van der Waals surface area contributed by atoms with Crippen LogP contribution in [0.2, 0.25) is 0 Å². The van der Waals surface area contributed by atoms with Gasteiger partial charge in [-0.05, 0) is 12.8 Å². The summed E-state index contributed by atoms with van der Waals surface area (Å²) in [5, 5.41) is 8.59. The van der Waals surface area contributed by atoms with Crippen LogP contribution in [0.15, 0.2) is 0 Å². The van der Waals surface area contributed by atoms with E-state index in [-0.39, 0.29) is 0 Å². The molecule has 0 aromatic carbocycles. The topological polar surface area (TPSA) is 32.7 Å². The molecule has 0 saturated carbocycles. The molecule has 1 aliphatic heterocycles. The number of aliphatic hydroxyl groups excluding tert-OH is 1. The average Bonchev–Trinajstić information content (AvgIpc) is 2.48. The molecule has 0 unspecified atom stereocenters. The lowest BCUT2D eigenvalue weighted by atomic mass is 10.3. The van der Waals surface area contributed by atoms with E-state index in [4.69, 9.17) is 9.84 Å². The molecule has 1 N–H and O–H groups in total. The van der Waals surface area contributed by atoms with Crippen molar-refractivity contribution >= 4 is 0 Å². The molecule has 1 rings (SSSR count). The van der Waals surface area contributed by atoms with Crippen LogP contribution in [0.3, 0.4) is 0 Å². The fourth-order valence-electron chi connectivity index (χ4n) is 1.49. The maximum absolute atomic E-state index is 8.59. The van der Waals surface area contributed by atoms with Gasteiger partial charge in [0, 0.05) is 33.4 Å². The number of methoxy groups -OCH3 is 1. The maximum atomic E-state index is 8.59. The molecule has 0 spiro atoms. The number of likely N-dealkylation sites (tertiary alicyclic amines) is 1. The molecule has 1 fully saturated rings. The minimum absolute atomic E-state index is 0.300. The molecule has 1 atom stereocenters. The highest BCUT2D eigenvalue weighted by Crippen LogP contribution is 2.11. The van der Waals surface area contributed by atoms with Gasteiger partial charge in [0.05, 0.1) is 6.10 Å². The molecule has 0 radical (unpaired) electrons. The van der Waals surface area contributed by atoms with Crippen molar-refractivity contribution in [2.24, 2.45) is 0 Å². The summed E-state index contributed by atoms with van der Waals surface area (Å²) in [5.41, 5.74) is 0. The molecule has 0 aliphatic carbocycles. The maximum Gasteiger partial charge on any atom is 0.0710 e. The molecule has 0 aromatic heterocycles. The van der Waals surface area contributed by atoms with Crippen LogP contribution in [0.4, 0.5) is 0 Å².